The number of carbonyl (C=O) groups is 1. The molecule has 29 heavy (non-hydrogen) atoms. The molecule has 2 saturated heterocycles. The molecule has 0 unspecified atom stereocenters. The third kappa shape index (κ3) is 5.12. The van der Waals surface area contributed by atoms with Crippen molar-refractivity contribution in [1.29, 1.82) is 0 Å². The van der Waals surface area contributed by atoms with Crippen molar-refractivity contribution < 1.29 is 4.79 Å². The summed E-state index contributed by atoms with van der Waals surface area (Å²) < 4.78 is 0. The Hall–Kier alpha value is -2.47. The van der Waals surface area contributed by atoms with Gasteiger partial charge in [0.1, 0.15) is 5.82 Å². The summed E-state index contributed by atoms with van der Waals surface area (Å²) in [6, 6.07) is 9.50. The standard InChI is InChI=1S/C22H28ClN5O/c23-19-14-18(7-8-20(19)27-10-2-1-3-11-27)26-22(29)25-16-17-6-9-21(24-15-17)28-12-4-5-13-28/h6-9,14-15H,1-5,10-13,16H2,(H2,25,26,29). The molecule has 0 radical (unpaired) electrons. The highest BCUT2D eigenvalue weighted by molar-refractivity contribution is 6.33. The van der Waals surface area contributed by atoms with E-state index in [1.54, 1.807) is 0 Å². The maximum Gasteiger partial charge on any atom is 0.319 e. The van der Waals surface area contributed by atoms with Gasteiger partial charge in [-0.1, -0.05) is 17.7 Å². The van der Waals surface area contributed by atoms with Crippen LogP contribution in [0.4, 0.5) is 22.0 Å². The maximum absolute atomic E-state index is 12.3. The minimum Gasteiger partial charge on any atom is -0.370 e. The van der Waals surface area contributed by atoms with Crippen molar-refractivity contribution in [2.24, 2.45) is 0 Å². The van der Waals surface area contributed by atoms with E-state index < -0.39 is 0 Å². The lowest BCUT2D eigenvalue weighted by molar-refractivity contribution is 0.251. The van der Waals surface area contributed by atoms with Gasteiger partial charge in [0.2, 0.25) is 0 Å². The van der Waals surface area contributed by atoms with E-state index in [-0.39, 0.29) is 6.03 Å². The topological polar surface area (TPSA) is 60.5 Å². The van der Waals surface area contributed by atoms with E-state index in [2.05, 4.69) is 25.4 Å². The number of anilines is 3. The van der Waals surface area contributed by atoms with Crippen molar-refractivity contribution in [3.8, 4) is 0 Å². The first-order chi connectivity index (χ1) is 14.2. The molecule has 2 aliphatic heterocycles. The number of rotatable bonds is 5. The summed E-state index contributed by atoms with van der Waals surface area (Å²) in [5, 5.41) is 6.41. The number of hydrogen-bond donors (Lipinski definition) is 2. The van der Waals surface area contributed by atoms with Gasteiger partial charge in [0.15, 0.2) is 0 Å². The van der Waals surface area contributed by atoms with Crippen molar-refractivity contribution in [3.05, 3.63) is 47.1 Å². The average Bonchev–Trinajstić information content (AvgIpc) is 3.28. The van der Waals surface area contributed by atoms with Gasteiger partial charge in [0, 0.05) is 44.6 Å². The molecule has 6 nitrogen and oxygen atoms in total. The van der Waals surface area contributed by atoms with Crippen molar-refractivity contribution >= 4 is 34.8 Å². The highest BCUT2D eigenvalue weighted by atomic mass is 35.5. The summed E-state index contributed by atoms with van der Waals surface area (Å²) in [4.78, 5) is 21.4. The highest BCUT2D eigenvalue weighted by Crippen LogP contribution is 2.30. The number of benzene rings is 1. The van der Waals surface area contributed by atoms with Crippen LogP contribution in [0.3, 0.4) is 0 Å². The molecule has 0 atom stereocenters. The fourth-order valence-corrected chi connectivity index (χ4v) is 4.29. The Morgan fingerprint density at radius 2 is 1.69 bits per heavy atom. The first kappa shape index (κ1) is 19.8. The molecular weight excluding hydrogens is 386 g/mol. The van der Waals surface area contributed by atoms with Crippen LogP contribution in [-0.2, 0) is 6.54 Å². The molecule has 1 aromatic carbocycles. The molecule has 0 bridgehead atoms. The van der Waals surface area contributed by atoms with Crippen molar-refractivity contribution in [2.75, 3.05) is 41.3 Å². The fourth-order valence-electron chi connectivity index (χ4n) is 3.99. The largest absolute Gasteiger partial charge is 0.370 e. The van der Waals surface area contributed by atoms with Crippen LogP contribution in [0.25, 0.3) is 0 Å². The number of nitrogens with one attached hydrogen (secondary N) is 2. The van der Waals surface area contributed by atoms with E-state index in [0.717, 1.165) is 43.2 Å². The second-order valence-corrected chi connectivity index (χ2v) is 8.15. The number of halogens is 1. The van der Waals surface area contributed by atoms with Gasteiger partial charge in [-0.15, -0.1) is 0 Å². The molecule has 7 heteroatoms. The molecule has 2 fully saturated rings. The van der Waals surface area contributed by atoms with Gasteiger partial charge in [0.25, 0.3) is 0 Å². The first-order valence-electron chi connectivity index (χ1n) is 10.5. The molecule has 3 heterocycles. The number of piperidine rings is 1. The van der Waals surface area contributed by atoms with E-state index in [9.17, 15) is 4.79 Å². The van der Waals surface area contributed by atoms with Gasteiger partial charge in [0.05, 0.1) is 10.7 Å². The molecule has 2 N–H and O–H groups in total. The van der Waals surface area contributed by atoms with Crippen molar-refractivity contribution in [2.45, 2.75) is 38.6 Å². The summed E-state index contributed by atoms with van der Waals surface area (Å²) in [7, 11) is 0. The van der Waals surface area contributed by atoms with Crippen LogP contribution in [0.2, 0.25) is 5.02 Å². The van der Waals surface area contributed by atoms with E-state index in [4.69, 9.17) is 11.6 Å². The predicted octanol–water partition coefficient (Wildman–Crippen LogP) is 4.65. The SMILES string of the molecule is O=C(NCc1ccc(N2CCCC2)nc1)Nc1ccc(N2CCCCC2)c(Cl)c1. The van der Waals surface area contributed by atoms with Gasteiger partial charge in [-0.2, -0.15) is 0 Å². The Balaban J connectivity index is 1.28. The molecule has 0 aliphatic carbocycles. The second-order valence-electron chi connectivity index (χ2n) is 7.74. The van der Waals surface area contributed by atoms with Crippen molar-refractivity contribution in [3.63, 3.8) is 0 Å². The van der Waals surface area contributed by atoms with E-state index in [0.29, 0.717) is 17.3 Å². The van der Waals surface area contributed by atoms with Crippen LogP contribution in [0.1, 0.15) is 37.7 Å². The summed E-state index contributed by atoms with van der Waals surface area (Å²) in [5.41, 5.74) is 2.71. The second kappa shape index (κ2) is 9.35. The van der Waals surface area contributed by atoms with Gasteiger partial charge in [-0.3, -0.25) is 0 Å². The van der Waals surface area contributed by atoms with Gasteiger partial charge in [-0.25, -0.2) is 9.78 Å². The summed E-state index contributed by atoms with van der Waals surface area (Å²) >= 11 is 6.46. The lowest BCUT2D eigenvalue weighted by Gasteiger charge is -2.29. The lowest BCUT2D eigenvalue weighted by Crippen LogP contribution is -2.30. The molecular formula is C22H28ClN5O. The van der Waals surface area contributed by atoms with Crippen LogP contribution < -0.4 is 20.4 Å². The molecule has 0 saturated carbocycles. The number of pyridine rings is 1. The Morgan fingerprint density at radius 3 is 2.38 bits per heavy atom. The normalized spacial score (nSPS) is 16.7. The van der Waals surface area contributed by atoms with Gasteiger partial charge >= 0.3 is 6.03 Å². The van der Waals surface area contributed by atoms with Crippen LogP contribution in [0.5, 0.6) is 0 Å². The summed E-state index contributed by atoms with van der Waals surface area (Å²) in [5.74, 6) is 1.01. The number of hydrogen-bond acceptors (Lipinski definition) is 4. The molecule has 4 rings (SSSR count). The monoisotopic (exact) mass is 413 g/mol. The first-order valence-corrected chi connectivity index (χ1v) is 10.9. The number of nitrogens with zero attached hydrogens (tertiary/aromatic N) is 3. The third-order valence-corrected chi connectivity index (χ3v) is 5.90. The van der Waals surface area contributed by atoms with Crippen LogP contribution in [0, 0.1) is 0 Å². The van der Waals surface area contributed by atoms with E-state index in [1.165, 1.54) is 32.1 Å². The minimum atomic E-state index is -0.254. The van der Waals surface area contributed by atoms with E-state index >= 15 is 0 Å². The summed E-state index contributed by atoms with van der Waals surface area (Å²) in [6.07, 6.45) is 7.98. The summed E-state index contributed by atoms with van der Waals surface area (Å²) in [6.45, 7) is 4.66. The Kier molecular flexibility index (Phi) is 6.39. The molecule has 154 valence electrons. The smallest absolute Gasteiger partial charge is 0.319 e. The maximum atomic E-state index is 12.3. The minimum absolute atomic E-state index is 0.254. The number of amides is 2. The number of carbonyl (C=O) groups excluding carboxylic acids is 1. The molecule has 0 spiro atoms. The molecule has 1 aromatic heterocycles. The van der Waals surface area contributed by atoms with E-state index in [1.807, 2.05) is 36.5 Å². The van der Waals surface area contributed by atoms with Crippen molar-refractivity contribution in [1.82, 2.24) is 10.3 Å². The fraction of sp³-hybridized carbons (Fsp3) is 0.455. The van der Waals surface area contributed by atoms with Crippen LogP contribution in [-0.4, -0.2) is 37.2 Å². The average molecular weight is 414 g/mol. The zero-order chi connectivity index (χ0) is 20.1. The molecule has 2 aromatic rings. The van der Waals surface area contributed by atoms with Crippen LogP contribution >= 0.6 is 11.6 Å². The predicted molar refractivity (Wildman–Crippen MR) is 119 cm³/mol. The Morgan fingerprint density at radius 1 is 0.966 bits per heavy atom. The van der Waals surface area contributed by atoms with Crippen LogP contribution in [0.15, 0.2) is 36.5 Å². The van der Waals surface area contributed by atoms with Gasteiger partial charge < -0.3 is 20.4 Å². The highest BCUT2D eigenvalue weighted by Gasteiger charge is 2.15. The lowest BCUT2D eigenvalue weighted by atomic mass is 10.1. The third-order valence-electron chi connectivity index (χ3n) is 5.59. The Bertz CT molecular complexity index is 830. The Labute approximate surface area is 177 Å². The molecule has 2 amide bonds. The zero-order valence-electron chi connectivity index (χ0n) is 16.7. The number of aromatic nitrogens is 1. The van der Waals surface area contributed by atoms with Gasteiger partial charge in [-0.05, 0) is 61.9 Å². The zero-order valence-corrected chi connectivity index (χ0v) is 17.4. The number of urea groups is 1. The quantitative estimate of drug-likeness (QED) is 0.749. The molecule has 2 aliphatic rings.